The van der Waals surface area contributed by atoms with Crippen LogP contribution in [0.2, 0.25) is 0 Å². The van der Waals surface area contributed by atoms with Gasteiger partial charge in [-0.05, 0) is 23.3 Å². The van der Waals surface area contributed by atoms with E-state index in [1.165, 1.54) is 17.1 Å². The standard InChI is InChI=1S/C20H17N7/c1-2-26-18-16(15-9-5-7-13-6-3-4-8-14(13)15)10-22-11-17(18)25-20(26)27-19(21)23-12-24-27/h3-12H,2H2,1H3,(H2,21,23,24). The van der Waals surface area contributed by atoms with Gasteiger partial charge in [-0.25, -0.2) is 4.98 Å². The third-order valence-electron chi connectivity index (χ3n) is 4.79. The second-order valence-electron chi connectivity index (χ2n) is 6.27. The molecule has 0 amide bonds. The fourth-order valence-electron chi connectivity index (χ4n) is 3.60. The van der Waals surface area contributed by atoms with Crippen molar-refractivity contribution >= 4 is 27.8 Å². The lowest BCUT2D eigenvalue weighted by Crippen LogP contribution is -2.10. The van der Waals surface area contributed by atoms with Crippen molar-refractivity contribution in [2.45, 2.75) is 13.5 Å². The monoisotopic (exact) mass is 355 g/mol. The molecule has 5 aromatic rings. The zero-order chi connectivity index (χ0) is 18.4. The highest BCUT2D eigenvalue weighted by atomic mass is 15.4. The Morgan fingerprint density at radius 1 is 1.00 bits per heavy atom. The molecule has 3 aromatic heterocycles. The molecule has 0 spiro atoms. The van der Waals surface area contributed by atoms with E-state index in [-0.39, 0.29) is 0 Å². The SMILES string of the molecule is CCn1c(-n2ncnc2N)nc2cncc(-c3cccc4ccccc34)c21. The Morgan fingerprint density at radius 2 is 1.85 bits per heavy atom. The van der Waals surface area contributed by atoms with Gasteiger partial charge in [-0.1, -0.05) is 42.5 Å². The van der Waals surface area contributed by atoms with E-state index in [0.29, 0.717) is 18.4 Å². The summed E-state index contributed by atoms with van der Waals surface area (Å²) >= 11 is 0. The van der Waals surface area contributed by atoms with Gasteiger partial charge in [0.2, 0.25) is 11.9 Å². The number of nitrogens with two attached hydrogens (primary N) is 1. The van der Waals surface area contributed by atoms with E-state index in [2.05, 4.69) is 63.0 Å². The average Bonchev–Trinajstić information content (AvgIpc) is 3.30. The van der Waals surface area contributed by atoms with Gasteiger partial charge in [0.25, 0.3) is 0 Å². The molecule has 0 radical (unpaired) electrons. The normalized spacial score (nSPS) is 11.4. The molecule has 2 N–H and O–H groups in total. The van der Waals surface area contributed by atoms with Crippen LogP contribution in [0.25, 0.3) is 38.9 Å². The second kappa shape index (κ2) is 5.91. The number of aryl methyl sites for hydroxylation is 1. The minimum Gasteiger partial charge on any atom is -0.368 e. The number of hydrogen-bond acceptors (Lipinski definition) is 5. The number of nitrogens with zero attached hydrogens (tertiary/aromatic N) is 6. The second-order valence-corrected chi connectivity index (χ2v) is 6.27. The molecule has 2 aromatic carbocycles. The molecule has 7 nitrogen and oxygen atoms in total. The molecule has 5 rings (SSSR count). The minimum atomic E-state index is 0.305. The van der Waals surface area contributed by atoms with Crippen molar-refractivity contribution in [2.75, 3.05) is 5.73 Å². The smallest absolute Gasteiger partial charge is 0.235 e. The number of anilines is 1. The lowest BCUT2D eigenvalue weighted by Gasteiger charge is -2.11. The fraction of sp³-hybridized carbons (Fsp3) is 0.100. The van der Waals surface area contributed by atoms with Gasteiger partial charge < -0.3 is 10.3 Å². The molecule has 132 valence electrons. The largest absolute Gasteiger partial charge is 0.368 e. The summed E-state index contributed by atoms with van der Waals surface area (Å²) in [4.78, 5) is 13.2. The molecule has 0 aliphatic heterocycles. The highest BCUT2D eigenvalue weighted by Gasteiger charge is 2.19. The summed E-state index contributed by atoms with van der Waals surface area (Å²) < 4.78 is 3.65. The highest BCUT2D eigenvalue weighted by Crippen LogP contribution is 2.34. The quantitative estimate of drug-likeness (QED) is 0.536. The Balaban J connectivity index is 1.86. The van der Waals surface area contributed by atoms with Gasteiger partial charge in [0.15, 0.2) is 0 Å². The first-order valence-corrected chi connectivity index (χ1v) is 8.76. The molecule has 0 aliphatic carbocycles. The van der Waals surface area contributed by atoms with Crippen molar-refractivity contribution in [1.29, 1.82) is 0 Å². The molecular weight excluding hydrogens is 338 g/mol. The first-order chi connectivity index (χ1) is 13.3. The molecule has 7 heteroatoms. The van der Waals surface area contributed by atoms with Crippen molar-refractivity contribution in [3.05, 3.63) is 61.2 Å². The zero-order valence-corrected chi connectivity index (χ0v) is 14.7. The van der Waals surface area contributed by atoms with Crippen LogP contribution >= 0.6 is 0 Å². The summed E-state index contributed by atoms with van der Waals surface area (Å²) in [6, 6.07) is 14.7. The van der Waals surface area contributed by atoms with Crippen LogP contribution in [0.5, 0.6) is 0 Å². The molecule has 0 fully saturated rings. The molecule has 27 heavy (non-hydrogen) atoms. The van der Waals surface area contributed by atoms with E-state index < -0.39 is 0 Å². The molecule has 0 bridgehead atoms. The molecule has 0 aliphatic rings. The zero-order valence-electron chi connectivity index (χ0n) is 14.7. The van der Waals surface area contributed by atoms with Crippen LogP contribution in [0.3, 0.4) is 0 Å². The maximum Gasteiger partial charge on any atom is 0.235 e. The number of rotatable bonds is 3. The number of imidazole rings is 1. The molecular formula is C20H17N7. The molecule has 3 heterocycles. The number of fused-ring (bicyclic) bond motifs is 2. The Kier molecular flexibility index (Phi) is 3.39. The minimum absolute atomic E-state index is 0.305. The predicted molar refractivity (Wildman–Crippen MR) is 105 cm³/mol. The lowest BCUT2D eigenvalue weighted by molar-refractivity contribution is 0.706. The van der Waals surface area contributed by atoms with Crippen LogP contribution in [-0.2, 0) is 6.54 Å². The first kappa shape index (κ1) is 15.5. The van der Waals surface area contributed by atoms with Crippen LogP contribution < -0.4 is 5.73 Å². The molecule has 0 atom stereocenters. The van der Waals surface area contributed by atoms with Crippen molar-refractivity contribution in [2.24, 2.45) is 0 Å². The van der Waals surface area contributed by atoms with Crippen molar-refractivity contribution < 1.29 is 0 Å². The van der Waals surface area contributed by atoms with Crippen LogP contribution in [0.15, 0.2) is 61.2 Å². The summed E-state index contributed by atoms with van der Waals surface area (Å²) in [7, 11) is 0. The first-order valence-electron chi connectivity index (χ1n) is 8.76. The van der Waals surface area contributed by atoms with Crippen molar-refractivity contribution in [3.8, 4) is 17.1 Å². The topological polar surface area (TPSA) is 87.4 Å². The van der Waals surface area contributed by atoms with Gasteiger partial charge in [-0.3, -0.25) is 4.98 Å². The maximum atomic E-state index is 5.96. The number of nitrogen functional groups attached to an aromatic ring is 1. The highest BCUT2D eigenvalue weighted by molar-refractivity contribution is 6.03. The van der Waals surface area contributed by atoms with Gasteiger partial charge in [-0.2, -0.15) is 14.8 Å². The van der Waals surface area contributed by atoms with Crippen LogP contribution in [0.1, 0.15) is 6.92 Å². The van der Waals surface area contributed by atoms with E-state index in [9.17, 15) is 0 Å². The number of benzene rings is 2. The van der Waals surface area contributed by atoms with E-state index in [1.807, 2.05) is 12.3 Å². The average molecular weight is 355 g/mol. The van der Waals surface area contributed by atoms with Gasteiger partial charge in [-0.15, -0.1) is 0 Å². The predicted octanol–water partition coefficient (Wildman–Crippen LogP) is 3.43. The fourth-order valence-corrected chi connectivity index (χ4v) is 3.60. The Morgan fingerprint density at radius 3 is 2.67 bits per heavy atom. The number of hydrogen-bond donors (Lipinski definition) is 1. The van der Waals surface area contributed by atoms with Crippen molar-refractivity contribution in [3.63, 3.8) is 0 Å². The number of pyridine rings is 1. The Labute approximate surface area is 155 Å². The molecule has 0 saturated carbocycles. The third-order valence-corrected chi connectivity index (χ3v) is 4.79. The van der Waals surface area contributed by atoms with Gasteiger partial charge in [0.1, 0.15) is 11.8 Å². The van der Waals surface area contributed by atoms with Crippen LogP contribution in [0.4, 0.5) is 5.95 Å². The van der Waals surface area contributed by atoms with Gasteiger partial charge in [0.05, 0.1) is 11.7 Å². The molecule has 0 saturated heterocycles. The summed E-state index contributed by atoms with van der Waals surface area (Å²) in [6.07, 6.45) is 5.09. The van der Waals surface area contributed by atoms with Crippen LogP contribution in [0, 0.1) is 0 Å². The maximum absolute atomic E-state index is 5.96. The summed E-state index contributed by atoms with van der Waals surface area (Å²) in [5.74, 6) is 0.941. The Hall–Kier alpha value is -3.74. The Bertz CT molecular complexity index is 1280. The summed E-state index contributed by atoms with van der Waals surface area (Å²) in [5, 5.41) is 6.59. The number of aromatic nitrogens is 6. The van der Waals surface area contributed by atoms with Gasteiger partial charge >= 0.3 is 0 Å². The van der Waals surface area contributed by atoms with Gasteiger partial charge in [0, 0.05) is 18.3 Å². The van der Waals surface area contributed by atoms with E-state index >= 15 is 0 Å². The van der Waals surface area contributed by atoms with Crippen LogP contribution in [-0.4, -0.2) is 29.3 Å². The van der Waals surface area contributed by atoms with E-state index in [1.54, 1.807) is 10.9 Å². The van der Waals surface area contributed by atoms with E-state index in [0.717, 1.165) is 22.2 Å². The summed E-state index contributed by atoms with van der Waals surface area (Å²) in [6.45, 7) is 2.79. The lowest BCUT2D eigenvalue weighted by atomic mass is 9.98. The van der Waals surface area contributed by atoms with E-state index in [4.69, 9.17) is 10.7 Å². The van der Waals surface area contributed by atoms with Crippen molar-refractivity contribution in [1.82, 2.24) is 29.3 Å². The summed E-state index contributed by atoms with van der Waals surface area (Å²) in [5.41, 5.74) is 9.92. The molecule has 0 unspecified atom stereocenters. The third kappa shape index (κ3) is 2.28.